The zero-order chi connectivity index (χ0) is 15.4. The fourth-order valence-corrected chi connectivity index (χ4v) is 2.15. The molecule has 1 aromatic carbocycles. The van der Waals surface area contributed by atoms with Crippen LogP contribution < -0.4 is 5.32 Å². The fourth-order valence-electron chi connectivity index (χ4n) is 1.46. The van der Waals surface area contributed by atoms with Crippen molar-refractivity contribution in [3.05, 3.63) is 45.9 Å². The summed E-state index contributed by atoms with van der Waals surface area (Å²) in [6.07, 6.45) is 0. The van der Waals surface area contributed by atoms with Crippen molar-refractivity contribution in [1.29, 1.82) is 0 Å². The molecule has 2 aromatic rings. The van der Waals surface area contributed by atoms with E-state index in [2.05, 4.69) is 10.3 Å². The topological polar surface area (TPSA) is 68.3 Å². The van der Waals surface area contributed by atoms with Crippen LogP contribution in [0.4, 0.5) is 14.5 Å². The van der Waals surface area contributed by atoms with Crippen molar-refractivity contribution >= 4 is 28.9 Å². The molecule has 1 amide bonds. The summed E-state index contributed by atoms with van der Waals surface area (Å²) >= 11 is 0.911. The molecule has 0 bridgehead atoms. The van der Waals surface area contributed by atoms with Gasteiger partial charge in [0.2, 0.25) is 5.01 Å². The zero-order valence-electron chi connectivity index (χ0n) is 10.9. The molecule has 0 aliphatic carbocycles. The van der Waals surface area contributed by atoms with Crippen LogP contribution in [0.3, 0.4) is 0 Å². The van der Waals surface area contributed by atoms with Crippen LogP contribution in [-0.2, 0) is 4.74 Å². The van der Waals surface area contributed by atoms with E-state index in [1.807, 2.05) is 0 Å². The molecule has 5 nitrogen and oxygen atoms in total. The quantitative estimate of drug-likeness (QED) is 0.882. The Hall–Kier alpha value is -2.35. The van der Waals surface area contributed by atoms with E-state index in [9.17, 15) is 18.4 Å². The van der Waals surface area contributed by atoms with Crippen molar-refractivity contribution < 1.29 is 23.1 Å². The third-order valence-corrected chi connectivity index (χ3v) is 3.21. The number of esters is 1. The Morgan fingerprint density at radius 3 is 2.62 bits per heavy atom. The summed E-state index contributed by atoms with van der Waals surface area (Å²) in [5, 5.41) is 3.38. The number of para-hydroxylation sites is 1. The SMILES string of the molecule is CCOC(=O)c1nc(C(=O)Nc2c(F)cccc2F)cs1. The van der Waals surface area contributed by atoms with Gasteiger partial charge in [0, 0.05) is 5.38 Å². The Balaban J connectivity index is 2.16. The van der Waals surface area contributed by atoms with Crippen LogP contribution in [0.15, 0.2) is 23.6 Å². The number of hydrogen-bond donors (Lipinski definition) is 1. The maximum atomic E-state index is 13.4. The number of carbonyl (C=O) groups excluding carboxylic acids is 2. The molecule has 0 atom stereocenters. The lowest BCUT2D eigenvalue weighted by molar-refractivity contribution is 0.0526. The van der Waals surface area contributed by atoms with Crippen LogP contribution in [0.5, 0.6) is 0 Å². The molecule has 0 fully saturated rings. The third-order valence-electron chi connectivity index (χ3n) is 2.39. The number of thiazole rings is 1. The summed E-state index contributed by atoms with van der Waals surface area (Å²) < 4.78 is 31.6. The summed E-state index contributed by atoms with van der Waals surface area (Å²) in [4.78, 5) is 27.1. The van der Waals surface area contributed by atoms with Gasteiger partial charge in [-0.1, -0.05) is 6.07 Å². The normalized spacial score (nSPS) is 10.2. The molecular weight excluding hydrogens is 302 g/mol. The number of hydrogen-bond acceptors (Lipinski definition) is 5. The summed E-state index contributed by atoms with van der Waals surface area (Å²) in [7, 11) is 0. The van der Waals surface area contributed by atoms with Gasteiger partial charge in [-0.3, -0.25) is 4.79 Å². The summed E-state index contributed by atoms with van der Waals surface area (Å²) in [5.74, 6) is -3.27. The highest BCUT2D eigenvalue weighted by atomic mass is 32.1. The van der Waals surface area contributed by atoms with E-state index in [0.717, 1.165) is 23.5 Å². The summed E-state index contributed by atoms with van der Waals surface area (Å²) in [5.41, 5.74) is -0.682. The second kappa shape index (κ2) is 6.40. The number of nitrogens with one attached hydrogen (secondary N) is 1. The van der Waals surface area contributed by atoms with Gasteiger partial charge < -0.3 is 10.1 Å². The number of nitrogens with zero attached hydrogens (tertiary/aromatic N) is 1. The number of halogens is 2. The minimum Gasteiger partial charge on any atom is -0.461 e. The molecule has 0 aliphatic rings. The highest BCUT2D eigenvalue weighted by molar-refractivity contribution is 7.11. The summed E-state index contributed by atoms with van der Waals surface area (Å²) in [6, 6.07) is 3.22. The van der Waals surface area contributed by atoms with Crippen LogP contribution in [0.1, 0.15) is 27.2 Å². The van der Waals surface area contributed by atoms with Gasteiger partial charge in [-0.25, -0.2) is 18.6 Å². The van der Waals surface area contributed by atoms with Gasteiger partial charge in [0.1, 0.15) is 23.0 Å². The van der Waals surface area contributed by atoms with Crippen LogP contribution in [0.25, 0.3) is 0 Å². The van der Waals surface area contributed by atoms with Gasteiger partial charge in [0.05, 0.1) is 6.61 Å². The van der Waals surface area contributed by atoms with Crippen molar-refractivity contribution in [2.24, 2.45) is 0 Å². The molecule has 0 saturated carbocycles. The highest BCUT2D eigenvalue weighted by Crippen LogP contribution is 2.19. The Labute approximate surface area is 122 Å². The van der Waals surface area contributed by atoms with E-state index in [4.69, 9.17) is 4.74 Å². The smallest absolute Gasteiger partial charge is 0.367 e. The number of anilines is 1. The molecule has 110 valence electrons. The lowest BCUT2D eigenvalue weighted by Gasteiger charge is -2.05. The van der Waals surface area contributed by atoms with E-state index in [0.29, 0.717) is 0 Å². The van der Waals surface area contributed by atoms with E-state index in [-0.39, 0.29) is 17.3 Å². The highest BCUT2D eigenvalue weighted by Gasteiger charge is 2.18. The maximum absolute atomic E-state index is 13.4. The first-order chi connectivity index (χ1) is 10.0. The molecule has 0 aliphatic heterocycles. The molecular formula is C13H10F2N2O3S. The Morgan fingerprint density at radius 2 is 2.00 bits per heavy atom. The van der Waals surface area contributed by atoms with Crippen molar-refractivity contribution in [2.45, 2.75) is 6.92 Å². The predicted octanol–water partition coefficient (Wildman–Crippen LogP) is 2.85. The number of amides is 1. The van der Waals surface area contributed by atoms with Gasteiger partial charge in [-0.05, 0) is 19.1 Å². The van der Waals surface area contributed by atoms with Gasteiger partial charge in [0.25, 0.3) is 5.91 Å². The van der Waals surface area contributed by atoms with Crippen LogP contribution in [-0.4, -0.2) is 23.5 Å². The minimum atomic E-state index is -0.899. The molecule has 0 unspecified atom stereocenters. The van der Waals surface area contributed by atoms with Crippen molar-refractivity contribution in [3.63, 3.8) is 0 Å². The van der Waals surface area contributed by atoms with Crippen molar-refractivity contribution in [3.8, 4) is 0 Å². The Morgan fingerprint density at radius 1 is 1.33 bits per heavy atom. The lowest BCUT2D eigenvalue weighted by atomic mass is 10.3. The zero-order valence-corrected chi connectivity index (χ0v) is 11.7. The fraction of sp³-hybridized carbons (Fsp3) is 0.154. The van der Waals surface area contributed by atoms with E-state index in [1.54, 1.807) is 6.92 Å². The second-order valence-electron chi connectivity index (χ2n) is 3.81. The molecule has 21 heavy (non-hydrogen) atoms. The van der Waals surface area contributed by atoms with E-state index >= 15 is 0 Å². The van der Waals surface area contributed by atoms with E-state index in [1.165, 1.54) is 11.4 Å². The van der Waals surface area contributed by atoms with Gasteiger partial charge in [-0.2, -0.15) is 0 Å². The number of ether oxygens (including phenoxy) is 1. The average molecular weight is 312 g/mol. The summed E-state index contributed by atoms with van der Waals surface area (Å²) in [6.45, 7) is 1.82. The molecule has 1 heterocycles. The molecule has 1 N–H and O–H groups in total. The van der Waals surface area contributed by atoms with Crippen molar-refractivity contribution in [1.82, 2.24) is 4.98 Å². The van der Waals surface area contributed by atoms with Crippen LogP contribution in [0, 0.1) is 11.6 Å². The predicted molar refractivity (Wildman–Crippen MR) is 72.4 cm³/mol. The first kappa shape index (κ1) is 15.0. The average Bonchev–Trinajstić information content (AvgIpc) is 2.93. The Kier molecular flexibility index (Phi) is 4.59. The molecule has 1 aromatic heterocycles. The number of carbonyl (C=O) groups is 2. The lowest BCUT2D eigenvalue weighted by Crippen LogP contribution is -2.15. The molecule has 0 saturated heterocycles. The first-order valence-electron chi connectivity index (χ1n) is 5.91. The van der Waals surface area contributed by atoms with E-state index < -0.39 is 29.2 Å². The first-order valence-corrected chi connectivity index (χ1v) is 6.79. The Bertz CT molecular complexity index is 668. The number of rotatable bonds is 4. The largest absolute Gasteiger partial charge is 0.461 e. The molecule has 8 heteroatoms. The molecule has 0 spiro atoms. The van der Waals surface area contributed by atoms with Crippen LogP contribution >= 0.6 is 11.3 Å². The number of aromatic nitrogens is 1. The van der Waals surface area contributed by atoms with Gasteiger partial charge in [0.15, 0.2) is 0 Å². The molecule has 2 rings (SSSR count). The van der Waals surface area contributed by atoms with Gasteiger partial charge in [-0.15, -0.1) is 11.3 Å². The maximum Gasteiger partial charge on any atom is 0.367 e. The van der Waals surface area contributed by atoms with Gasteiger partial charge >= 0.3 is 5.97 Å². The number of benzene rings is 1. The monoisotopic (exact) mass is 312 g/mol. The molecule has 0 radical (unpaired) electrons. The van der Waals surface area contributed by atoms with Crippen molar-refractivity contribution in [2.75, 3.05) is 11.9 Å². The standard InChI is InChI=1S/C13H10F2N2O3S/c1-2-20-13(19)12-16-9(6-21-12)11(18)17-10-7(14)4-3-5-8(10)15/h3-6H,2H2,1H3,(H,17,18). The van der Waals surface area contributed by atoms with Crippen LogP contribution in [0.2, 0.25) is 0 Å². The third kappa shape index (κ3) is 3.40. The minimum absolute atomic E-state index is 0.00370. The second-order valence-corrected chi connectivity index (χ2v) is 4.67.